The molecule has 112 valence electrons. The maximum absolute atomic E-state index is 9.73. The van der Waals surface area contributed by atoms with Crippen LogP contribution in [0.3, 0.4) is 0 Å². The van der Waals surface area contributed by atoms with E-state index in [1.54, 1.807) is 18.3 Å². The van der Waals surface area contributed by atoms with Crippen LogP contribution in [0.25, 0.3) is 0 Å². The van der Waals surface area contributed by atoms with Crippen LogP contribution in [0.1, 0.15) is 11.7 Å². The minimum atomic E-state index is -0.230. The molecule has 2 atom stereocenters. The molecule has 1 heterocycles. The molecule has 0 aliphatic carbocycles. The van der Waals surface area contributed by atoms with E-state index in [0.717, 1.165) is 10.0 Å². The van der Waals surface area contributed by atoms with Crippen molar-refractivity contribution in [2.24, 2.45) is 4.99 Å². The summed E-state index contributed by atoms with van der Waals surface area (Å²) in [6.07, 6.45) is 5.28. The molecule has 22 heavy (non-hydrogen) atoms. The van der Waals surface area contributed by atoms with Gasteiger partial charge in [-0.25, -0.2) is 0 Å². The molecule has 0 fully saturated rings. The summed E-state index contributed by atoms with van der Waals surface area (Å²) in [5.41, 5.74) is 1.51. The first-order chi connectivity index (χ1) is 10.6. The molecule has 1 aliphatic rings. The van der Waals surface area contributed by atoms with E-state index in [9.17, 15) is 5.11 Å². The van der Waals surface area contributed by atoms with Crippen LogP contribution in [0.15, 0.2) is 64.1 Å². The van der Waals surface area contributed by atoms with E-state index >= 15 is 0 Å². The van der Waals surface area contributed by atoms with Crippen molar-refractivity contribution in [1.82, 2.24) is 0 Å². The molecule has 3 rings (SSSR count). The average Bonchev–Trinajstić information content (AvgIpc) is 2.98. The first-order valence-electron chi connectivity index (χ1n) is 6.74. The molecule has 5 heteroatoms. The van der Waals surface area contributed by atoms with E-state index in [-0.39, 0.29) is 18.0 Å². The quantitative estimate of drug-likeness (QED) is 0.588. The Hall–Kier alpha value is -1.62. The molecular formula is C17H13BrClNO2. The van der Waals surface area contributed by atoms with Crippen LogP contribution in [0.2, 0.25) is 5.02 Å². The lowest BCUT2D eigenvalue weighted by Gasteiger charge is -2.11. The Kier molecular flexibility index (Phi) is 4.62. The molecule has 1 aliphatic heterocycles. The van der Waals surface area contributed by atoms with Crippen LogP contribution in [-0.4, -0.2) is 17.4 Å². The van der Waals surface area contributed by atoms with Crippen molar-refractivity contribution in [3.8, 4) is 5.75 Å². The van der Waals surface area contributed by atoms with Crippen molar-refractivity contribution in [2.45, 2.75) is 12.2 Å². The number of hydrogen-bond acceptors (Lipinski definition) is 3. The zero-order valence-corrected chi connectivity index (χ0v) is 13.8. The Labute approximate surface area is 142 Å². The second kappa shape index (κ2) is 6.65. The molecule has 0 amide bonds. The number of aliphatic imine (C=N–C) groups is 1. The Balaban J connectivity index is 1.68. The van der Waals surface area contributed by atoms with Gasteiger partial charge >= 0.3 is 0 Å². The fourth-order valence-electron chi connectivity index (χ4n) is 2.15. The monoisotopic (exact) mass is 377 g/mol. The number of rotatable bonds is 3. The summed E-state index contributed by atoms with van der Waals surface area (Å²) in [4.78, 5) is 4.25. The van der Waals surface area contributed by atoms with Gasteiger partial charge in [0.2, 0.25) is 0 Å². The Morgan fingerprint density at radius 2 is 1.91 bits per heavy atom. The lowest BCUT2D eigenvalue weighted by molar-refractivity contribution is 0.100. The number of hydrogen-bond donors (Lipinski definition) is 1. The van der Waals surface area contributed by atoms with Crippen molar-refractivity contribution in [3.63, 3.8) is 0 Å². The summed E-state index contributed by atoms with van der Waals surface area (Å²) in [6, 6.07) is 12.7. The third-order valence-electron chi connectivity index (χ3n) is 3.28. The van der Waals surface area contributed by atoms with Gasteiger partial charge in [-0.05, 0) is 35.9 Å². The molecule has 0 aromatic heterocycles. The molecule has 0 saturated carbocycles. The van der Waals surface area contributed by atoms with Gasteiger partial charge in [0.05, 0.1) is 0 Å². The van der Waals surface area contributed by atoms with Gasteiger partial charge < -0.3 is 9.84 Å². The highest BCUT2D eigenvalue weighted by Crippen LogP contribution is 2.30. The number of benzene rings is 2. The fraction of sp³-hybridized carbons (Fsp3) is 0.118. The number of ether oxygens (including phenoxy) is 1. The highest BCUT2D eigenvalue weighted by atomic mass is 79.9. The summed E-state index contributed by atoms with van der Waals surface area (Å²) in [6.45, 7) is 0. The fourth-order valence-corrected chi connectivity index (χ4v) is 2.58. The first kappa shape index (κ1) is 15.3. The Morgan fingerprint density at radius 3 is 2.68 bits per heavy atom. The van der Waals surface area contributed by atoms with Gasteiger partial charge in [-0.3, -0.25) is 4.99 Å². The van der Waals surface area contributed by atoms with Crippen molar-refractivity contribution >= 4 is 39.4 Å². The van der Waals surface area contributed by atoms with E-state index in [4.69, 9.17) is 16.3 Å². The lowest BCUT2D eigenvalue weighted by Crippen LogP contribution is -2.08. The molecule has 2 aromatic carbocycles. The van der Waals surface area contributed by atoms with Gasteiger partial charge in [-0.15, -0.1) is 0 Å². The molecule has 1 N–H and O–H groups in total. The SMILES string of the molecule is Oc1ccc(Cl)cc1N=CC1C=CC(c2ccc(Br)cc2)O1. The van der Waals surface area contributed by atoms with Crippen molar-refractivity contribution in [2.75, 3.05) is 0 Å². The van der Waals surface area contributed by atoms with Crippen molar-refractivity contribution in [3.05, 3.63) is 69.7 Å². The zero-order chi connectivity index (χ0) is 15.5. The van der Waals surface area contributed by atoms with Crippen LogP contribution >= 0.6 is 27.5 Å². The van der Waals surface area contributed by atoms with Gasteiger partial charge in [0.15, 0.2) is 0 Å². The Morgan fingerprint density at radius 1 is 1.14 bits per heavy atom. The van der Waals surface area contributed by atoms with Crippen LogP contribution in [0.4, 0.5) is 5.69 Å². The molecular weight excluding hydrogens is 366 g/mol. The number of nitrogens with zero attached hydrogens (tertiary/aromatic N) is 1. The molecule has 0 radical (unpaired) electrons. The highest BCUT2D eigenvalue weighted by Gasteiger charge is 2.19. The second-order valence-electron chi connectivity index (χ2n) is 4.87. The average molecular weight is 379 g/mol. The second-order valence-corrected chi connectivity index (χ2v) is 6.22. The van der Waals surface area contributed by atoms with Crippen LogP contribution in [0.5, 0.6) is 5.75 Å². The molecule has 0 bridgehead atoms. The maximum Gasteiger partial charge on any atom is 0.141 e. The van der Waals surface area contributed by atoms with Crippen LogP contribution < -0.4 is 0 Å². The molecule has 3 nitrogen and oxygen atoms in total. The number of phenols is 1. The predicted octanol–water partition coefficient (Wildman–Crippen LogP) is 5.21. The minimum Gasteiger partial charge on any atom is -0.506 e. The first-order valence-corrected chi connectivity index (χ1v) is 7.91. The molecule has 0 spiro atoms. The van der Waals surface area contributed by atoms with Gasteiger partial charge in [0, 0.05) is 15.7 Å². The minimum absolute atomic E-state index is 0.0856. The van der Waals surface area contributed by atoms with Crippen molar-refractivity contribution in [1.29, 1.82) is 0 Å². The summed E-state index contributed by atoms with van der Waals surface area (Å²) < 4.78 is 6.92. The van der Waals surface area contributed by atoms with E-state index in [1.165, 1.54) is 6.07 Å². The normalized spacial score (nSPS) is 20.8. The molecule has 2 aromatic rings. The summed E-state index contributed by atoms with van der Waals surface area (Å²) >= 11 is 9.31. The van der Waals surface area contributed by atoms with E-state index < -0.39 is 0 Å². The van der Waals surface area contributed by atoms with Gasteiger partial charge in [-0.1, -0.05) is 51.8 Å². The van der Waals surface area contributed by atoms with Gasteiger partial charge in [0.1, 0.15) is 23.6 Å². The van der Waals surface area contributed by atoms with Crippen LogP contribution in [-0.2, 0) is 4.74 Å². The van der Waals surface area contributed by atoms with E-state index in [2.05, 4.69) is 20.9 Å². The number of aromatic hydroxyl groups is 1. The summed E-state index contributed by atoms with van der Waals surface area (Å²) in [5, 5.41) is 10.3. The van der Waals surface area contributed by atoms with Crippen LogP contribution in [0, 0.1) is 0 Å². The summed E-state index contributed by atoms with van der Waals surface area (Å²) in [5.74, 6) is 0.0899. The van der Waals surface area contributed by atoms with Gasteiger partial charge in [0.25, 0.3) is 0 Å². The third-order valence-corrected chi connectivity index (χ3v) is 4.04. The topological polar surface area (TPSA) is 41.8 Å². The smallest absolute Gasteiger partial charge is 0.141 e. The van der Waals surface area contributed by atoms with Crippen molar-refractivity contribution < 1.29 is 9.84 Å². The highest BCUT2D eigenvalue weighted by molar-refractivity contribution is 9.10. The standard InChI is InChI=1S/C17H13BrClNO2/c18-12-3-1-11(2-4-12)17-8-6-14(22-17)10-20-15-9-13(19)5-7-16(15)21/h1-10,14,17,21H. The largest absolute Gasteiger partial charge is 0.506 e. The number of halogens is 2. The molecule has 0 saturated heterocycles. The van der Waals surface area contributed by atoms with E-state index in [1.807, 2.05) is 36.4 Å². The lowest BCUT2D eigenvalue weighted by atomic mass is 10.1. The third kappa shape index (κ3) is 3.58. The predicted molar refractivity (Wildman–Crippen MR) is 92.2 cm³/mol. The molecule has 2 unspecified atom stereocenters. The number of phenolic OH excluding ortho intramolecular Hbond substituents is 1. The van der Waals surface area contributed by atoms with Gasteiger partial charge in [-0.2, -0.15) is 0 Å². The van der Waals surface area contributed by atoms with E-state index in [0.29, 0.717) is 10.7 Å². The zero-order valence-electron chi connectivity index (χ0n) is 11.5. The Bertz CT molecular complexity index is 728. The maximum atomic E-state index is 9.73. The summed E-state index contributed by atoms with van der Waals surface area (Å²) in [7, 11) is 0.